The van der Waals surface area contributed by atoms with E-state index in [2.05, 4.69) is 21.4 Å². The highest BCUT2D eigenvalue weighted by Crippen LogP contribution is 2.32. The molecule has 96 valence electrons. The van der Waals surface area contributed by atoms with Gasteiger partial charge in [0.2, 0.25) is 0 Å². The normalized spacial score (nSPS) is 14.1. The summed E-state index contributed by atoms with van der Waals surface area (Å²) in [6, 6.07) is 0.445. The van der Waals surface area contributed by atoms with Crippen molar-refractivity contribution in [1.29, 1.82) is 0 Å². The number of anilines is 1. The van der Waals surface area contributed by atoms with Gasteiger partial charge in [-0.15, -0.1) is 6.58 Å². The number of aryl methyl sites for hydroxylation is 1. The van der Waals surface area contributed by atoms with Crippen LogP contribution in [0.15, 0.2) is 18.9 Å². The molecule has 1 heterocycles. The fraction of sp³-hybridized carbons (Fsp3) is 0.462. The van der Waals surface area contributed by atoms with Gasteiger partial charge in [-0.25, -0.2) is 14.8 Å². The first-order chi connectivity index (χ1) is 8.67. The largest absolute Gasteiger partial charge is 0.465 e. The van der Waals surface area contributed by atoms with E-state index in [9.17, 15) is 4.79 Å². The summed E-state index contributed by atoms with van der Waals surface area (Å²) in [7, 11) is 1.36. The van der Waals surface area contributed by atoms with Crippen LogP contribution in [0.2, 0.25) is 0 Å². The van der Waals surface area contributed by atoms with Gasteiger partial charge >= 0.3 is 5.97 Å². The summed E-state index contributed by atoms with van der Waals surface area (Å²) < 4.78 is 4.77. The number of aromatic nitrogens is 2. The lowest BCUT2D eigenvalue weighted by molar-refractivity contribution is 0.0600. The van der Waals surface area contributed by atoms with Gasteiger partial charge in [0.1, 0.15) is 17.2 Å². The molecule has 0 N–H and O–H groups in total. The van der Waals surface area contributed by atoms with Crippen LogP contribution in [0.4, 0.5) is 5.82 Å². The average molecular weight is 247 g/mol. The van der Waals surface area contributed by atoms with Crippen molar-refractivity contribution in [1.82, 2.24) is 9.97 Å². The van der Waals surface area contributed by atoms with Crippen molar-refractivity contribution < 1.29 is 9.53 Å². The summed E-state index contributed by atoms with van der Waals surface area (Å²) in [5.41, 5.74) is 0.414. The fourth-order valence-electron chi connectivity index (χ4n) is 1.86. The van der Waals surface area contributed by atoms with Crippen molar-refractivity contribution in [3.63, 3.8) is 0 Å². The molecule has 18 heavy (non-hydrogen) atoms. The molecule has 0 radical (unpaired) electrons. The number of rotatable bonds is 5. The topological polar surface area (TPSA) is 55.3 Å². The monoisotopic (exact) mass is 247 g/mol. The van der Waals surface area contributed by atoms with Crippen molar-refractivity contribution in [3.8, 4) is 0 Å². The predicted molar refractivity (Wildman–Crippen MR) is 68.7 cm³/mol. The van der Waals surface area contributed by atoms with Crippen LogP contribution >= 0.6 is 0 Å². The standard InChI is InChI=1S/C13H17N3O2/c1-4-7-16(10-5-6-10)12-11(13(17)18-3)8-14-9(2)15-12/h4,8,10H,1,5-7H2,2-3H3. The molecule has 1 aliphatic rings. The molecule has 1 aromatic heterocycles. The number of carbonyl (C=O) groups is 1. The molecule has 0 unspecified atom stereocenters. The van der Waals surface area contributed by atoms with Crippen LogP contribution < -0.4 is 4.90 Å². The molecule has 1 aromatic rings. The number of hydrogen-bond donors (Lipinski definition) is 0. The molecule has 1 fully saturated rings. The van der Waals surface area contributed by atoms with Gasteiger partial charge in [0.25, 0.3) is 0 Å². The molecule has 0 spiro atoms. The Labute approximate surface area is 106 Å². The van der Waals surface area contributed by atoms with Crippen LogP contribution in [0.5, 0.6) is 0 Å². The number of carbonyl (C=O) groups excluding carboxylic acids is 1. The van der Waals surface area contributed by atoms with Gasteiger partial charge in [0.05, 0.1) is 7.11 Å². The van der Waals surface area contributed by atoms with E-state index in [0.717, 1.165) is 12.8 Å². The third-order valence-electron chi connectivity index (χ3n) is 2.88. The van der Waals surface area contributed by atoms with E-state index in [-0.39, 0.29) is 0 Å². The molecule has 5 heteroatoms. The second kappa shape index (κ2) is 5.16. The predicted octanol–water partition coefficient (Wildman–Crippen LogP) is 1.73. The van der Waals surface area contributed by atoms with Crippen molar-refractivity contribution in [3.05, 3.63) is 30.2 Å². The van der Waals surface area contributed by atoms with E-state index >= 15 is 0 Å². The van der Waals surface area contributed by atoms with Crippen LogP contribution in [0.25, 0.3) is 0 Å². The molecule has 1 aliphatic carbocycles. The quantitative estimate of drug-likeness (QED) is 0.586. The van der Waals surface area contributed by atoms with E-state index in [1.807, 2.05) is 13.0 Å². The van der Waals surface area contributed by atoms with Gasteiger partial charge in [-0.05, 0) is 19.8 Å². The van der Waals surface area contributed by atoms with Crippen LogP contribution in [-0.2, 0) is 4.74 Å². The molecule has 2 rings (SSSR count). The average Bonchev–Trinajstić information content (AvgIpc) is 3.19. The van der Waals surface area contributed by atoms with E-state index < -0.39 is 5.97 Å². The highest BCUT2D eigenvalue weighted by Gasteiger charge is 2.32. The lowest BCUT2D eigenvalue weighted by Gasteiger charge is -2.23. The minimum absolute atomic E-state index is 0.403. The summed E-state index contributed by atoms with van der Waals surface area (Å²) in [4.78, 5) is 22.3. The summed E-state index contributed by atoms with van der Waals surface area (Å²) in [5, 5.41) is 0. The lowest BCUT2D eigenvalue weighted by atomic mass is 10.2. The van der Waals surface area contributed by atoms with E-state index in [1.165, 1.54) is 13.3 Å². The van der Waals surface area contributed by atoms with E-state index in [0.29, 0.717) is 29.8 Å². The summed E-state index contributed by atoms with van der Waals surface area (Å²) >= 11 is 0. The van der Waals surface area contributed by atoms with Crippen LogP contribution in [0.1, 0.15) is 29.0 Å². The first-order valence-corrected chi connectivity index (χ1v) is 5.97. The molecule has 5 nitrogen and oxygen atoms in total. The number of nitrogens with zero attached hydrogens (tertiary/aromatic N) is 3. The van der Waals surface area contributed by atoms with Crippen LogP contribution in [-0.4, -0.2) is 35.6 Å². The maximum Gasteiger partial charge on any atom is 0.343 e. The first kappa shape index (κ1) is 12.5. The van der Waals surface area contributed by atoms with Crippen LogP contribution in [0.3, 0.4) is 0 Å². The smallest absolute Gasteiger partial charge is 0.343 e. The maximum atomic E-state index is 11.7. The number of hydrogen-bond acceptors (Lipinski definition) is 5. The Morgan fingerprint density at radius 1 is 1.67 bits per heavy atom. The van der Waals surface area contributed by atoms with Crippen molar-refractivity contribution in [2.45, 2.75) is 25.8 Å². The third-order valence-corrected chi connectivity index (χ3v) is 2.88. The van der Waals surface area contributed by atoms with Crippen molar-refractivity contribution >= 4 is 11.8 Å². The van der Waals surface area contributed by atoms with Gasteiger partial charge in [-0.3, -0.25) is 0 Å². The molecule has 0 amide bonds. The lowest BCUT2D eigenvalue weighted by Crippen LogP contribution is -2.29. The Balaban J connectivity index is 2.41. The molecule has 0 aromatic carbocycles. The Bertz CT molecular complexity index is 469. The van der Waals surface area contributed by atoms with Crippen molar-refractivity contribution in [2.75, 3.05) is 18.6 Å². The molecule has 1 saturated carbocycles. The second-order valence-corrected chi connectivity index (χ2v) is 4.32. The number of methoxy groups -OCH3 is 1. The summed E-state index contributed by atoms with van der Waals surface area (Å²) in [6.45, 7) is 6.23. The highest BCUT2D eigenvalue weighted by molar-refractivity contribution is 5.94. The van der Waals surface area contributed by atoms with Gasteiger partial charge < -0.3 is 9.64 Å². The molecule has 0 atom stereocenters. The third kappa shape index (κ3) is 2.50. The number of ether oxygens (including phenoxy) is 1. The Kier molecular flexibility index (Phi) is 3.60. The van der Waals surface area contributed by atoms with Gasteiger partial charge in [0, 0.05) is 18.8 Å². The van der Waals surface area contributed by atoms with E-state index in [1.54, 1.807) is 0 Å². The highest BCUT2D eigenvalue weighted by atomic mass is 16.5. The Hall–Kier alpha value is -1.91. The van der Waals surface area contributed by atoms with Crippen LogP contribution in [0, 0.1) is 6.92 Å². The second-order valence-electron chi connectivity index (χ2n) is 4.32. The zero-order valence-electron chi connectivity index (χ0n) is 10.7. The Morgan fingerprint density at radius 2 is 2.39 bits per heavy atom. The summed E-state index contributed by atoms with van der Waals surface area (Å²) in [6.07, 6.45) is 5.59. The SMILES string of the molecule is C=CCN(c1nc(C)ncc1C(=O)OC)C1CC1. The molecule has 0 saturated heterocycles. The zero-order chi connectivity index (χ0) is 13.1. The first-order valence-electron chi connectivity index (χ1n) is 5.97. The van der Waals surface area contributed by atoms with E-state index in [4.69, 9.17) is 4.74 Å². The van der Waals surface area contributed by atoms with Gasteiger partial charge in [-0.1, -0.05) is 6.08 Å². The fourth-order valence-corrected chi connectivity index (χ4v) is 1.86. The maximum absolute atomic E-state index is 11.7. The molecule has 0 bridgehead atoms. The Morgan fingerprint density at radius 3 is 2.94 bits per heavy atom. The minimum atomic E-state index is -0.403. The van der Waals surface area contributed by atoms with Gasteiger partial charge in [-0.2, -0.15) is 0 Å². The molecular weight excluding hydrogens is 230 g/mol. The number of esters is 1. The minimum Gasteiger partial charge on any atom is -0.465 e. The van der Waals surface area contributed by atoms with Crippen molar-refractivity contribution in [2.24, 2.45) is 0 Å². The molecule has 0 aliphatic heterocycles. The zero-order valence-corrected chi connectivity index (χ0v) is 10.7. The van der Waals surface area contributed by atoms with Gasteiger partial charge in [0.15, 0.2) is 0 Å². The summed E-state index contributed by atoms with van der Waals surface area (Å²) in [5.74, 6) is 0.892. The molecular formula is C13H17N3O2.